The summed E-state index contributed by atoms with van der Waals surface area (Å²) in [5.41, 5.74) is 4.23. The number of aryl methyl sites for hydroxylation is 1. The molecule has 4 heteroatoms. The van der Waals surface area contributed by atoms with Gasteiger partial charge in [0, 0.05) is 24.3 Å². The molecule has 0 saturated heterocycles. The highest BCUT2D eigenvalue weighted by atomic mass is 35.5. The third-order valence-electron chi connectivity index (χ3n) is 3.21. The zero-order valence-corrected chi connectivity index (χ0v) is 11.3. The first-order valence-corrected chi connectivity index (χ1v) is 6.53. The number of halogens is 1. The average Bonchev–Trinajstić information content (AvgIpc) is 2.82. The third-order valence-corrected chi connectivity index (χ3v) is 3.53. The predicted molar refractivity (Wildman–Crippen MR) is 79.6 cm³/mol. The van der Waals surface area contributed by atoms with Crippen molar-refractivity contribution < 1.29 is 0 Å². The molecule has 0 amide bonds. The Morgan fingerprint density at radius 3 is 3.00 bits per heavy atom. The smallest absolute Gasteiger partial charge is 0.137 e. The number of rotatable bonds is 3. The molecule has 0 aliphatic heterocycles. The molecule has 2 heterocycles. The summed E-state index contributed by atoms with van der Waals surface area (Å²) in [4.78, 5) is 7.45. The fourth-order valence-corrected chi connectivity index (χ4v) is 2.49. The number of hydrogen-bond donors (Lipinski definition) is 2. The maximum atomic E-state index is 6.21. The minimum absolute atomic E-state index is 0.719. The normalized spacial score (nSPS) is 10.8. The van der Waals surface area contributed by atoms with Crippen molar-refractivity contribution in [1.82, 2.24) is 9.97 Å². The summed E-state index contributed by atoms with van der Waals surface area (Å²) in [7, 11) is 0. The van der Waals surface area contributed by atoms with E-state index in [4.69, 9.17) is 11.6 Å². The van der Waals surface area contributed by atoms with Gasteiger partial charge in [-0.15, -0.1) is 0 Å². The first-order valence-electron chi connectivity index (χ1n) is 6.15. The number of para-hydroxylation sites is 1. The molecule has 0 saturated carbocycles. The van der Waals surface area contributed by atoms with E-state index >= 15 is 0 Å². The summed E-state index contributed by atoms with van der Waals surface area (Å²) in [5.74, 6) is 0. The number of benzene rings is 1. The fourth-order valence-electron chi connectivity index (χ4n) is 2.20. The Kier molecular flexibility index (Phi) is 3.13. The fraction of sp³-hybridized carbons (Fsp3) is 0.133. The molecule has 3 nitrogen and oxygen atoms in total. The number of pyridine rings is 1. The lowest BCUT2D eigenvalue weighted by atomic mass is 10.2. The SMILES string of the molecule is Cc1cccc(Cl)c1NCc1c[nH]c2ncccc12. The van der Waals surface area contributed by atoms with Crippen LogP contribution in [0.25, 0.3) is 11.0 Å². The van der Waals surface area contributed by atoms with Crippen LogP contribution >= 0.6 is 11.6 Å². The summed E-state index contributed by atoms with van der Waals surface area (Å²) >= 11 is 6.21. The molecule has 96 valence electrons. The molecule has 0 spiro atoms. The van der Waals surface area contributed by atoms with Gasteiger partial charge in [-0.25, -0.2) is 4.98 Å². The van der Waals surface area contributed by atoms with Crippen molar-refractivity contribution in [2.24, 2.45) is 0 Å². The topological polar surface area (TPSA) is 40.7 Å². The van der Waals surface area contributed by atoms with Crippen LogP contribution in [0.4, 0.5) is 5.69 Å². The molecule has 0 aliphatic rings. The number of fused-ring (bicyclic) bond motifs is 1. The van der Waals surface area contributed by atoms with Crippen molar-refractivity contribution in [3.63, 3.8) is 0 Å². The maximum Gasteiger partial charge on any atom is 0.137 e. The number of anilines is 1. The Morgan fingerprint density at radius 2 is 2.16 bits per heavy atom. The molecular weight excluding hydrogens is 258 g/mol. The Balaban J connectivity index is 1.87. The highest BCUT2D eigenvalue weighted by Gasteiger charge is 2.06. The summed E-state index contributed by atoms with van der Waals surface area (Å²) in [6.07, 6.45) is 3.77. The maximum absolute atomic E-state index is 6.21. The van der Waals surface area contributed by atoms with Gasteiger partial charge in [-0.1, -0.05) is 23.7 Å². The van der Waals surface area contributed by atoms with E-state index in [1.54, 1.807) is 6.20 Å². The molecule has 3 aromatic rings. The number of aromatic amines is 1. The van der Waals surface area contributed by atoms with Crippen molar-refractivity contribution in [2.75, 3.05) is 5.32 Å². The van der Waals surface area contributed by atoms with E-state index in [1.165, 1.54) is 5.56 Å². The Labute approximate surface area is 116 Å². The van der Waals surface area contributed by atoms with E-state index in [-0.39, 0.29) is 0 Å². The van der Waals surface area contributed by atoms with Gasteiger partial charge in [-0.05, 0) is 36.2 Å². The van der Waals surface area contributed by atoms with Crippen LogP contribution in [0.2, 0.25) is 5.02 Å². The molecule has 0 atom stereocenters. The van der Waals surface area contributed by atoms with Crippen molar-refractivity contribution in [2.45, 2.75) is 13.5 Å². The third kappa shape index (κ3) is 2.29. The quantitative estimate of drug-likeness (QED) is 0.752. The zero-order chi connectivity index (χ0) is 13.2. The number of nitrogens with one attached hydrogen (secondary N) is 2. The van der Waals surface area contributed by atoms with Crippen LogP contribution in [0.5, 0.6) is 0 Å². The van der Waals surface area contributed by atoms with E-state index in [0.29, 0.717) is 0 Å². The molecule has 19 heavy (non-hydrogen) atoms. The molecule has 0 fully saturated rings. The number of H-pyrrole nitrogens is 1. The highest BCUT2D eigenvalue weighted by Crippen LogP contribution is 2.26. The monoisotopic (exact) mass is 271 g/mol. The predicted octanol–water partition coefficient (Wildman–Crippen LogP) is 4.14. The van der Waals surface area contributed by atoms with Crippen LogP contribution < -0.4 is 5.32 Å². The number of aromatic nitrogens is 2. The van der Waals surface area contributed by atoms with Crippen LogP contribution in [0, 0.1) is 6.92 Å². The molecule has 2 aromatic heterocycles. The van der Waals surface area contributed by atoms with E-state index in [2.05, 4.69) is 21.4 Å². The lowest BCUT2D eigenvalue weighted by molar-refractivity contribution is 1.15. The van der Waals surface area contributed by atoms with Gasteiger partial charge in [0.15, 0.2) is 0 Å². The van der Waals surface area contributed by atoms with Gasteiger partial charge in [-0.2, -0.15) is 0 Å². The van der Waals surface area contributed by atoms with Crippen LogP contribution in [-0.4, -0.2) is 9.97 Å². The standard InChI is InChI=1S/C15H14ClN3/c1-10-4-2-6-13(16)14(10)18-8-11-9-19-15-12(11)5-3-7-17-15/h2-7,9,18H,8H2,1H3,(H,17,19). The van der Waals surface area contributed by atoms with Crippen LogP contribution in [-0.2, 0) is 6.54 Å². The van der Waals surface area contributed by atoms with Crippen molar-refractivity contribution in [1.29, 1.82) is 0 Å². The summed E-state index contributed by atoms with van der Waals surface area (Å²) in [5, 5.41) is 5.28. The van der Waals surface area contributed by atoms with Gasteiger partial charge in [0.2, 0.25) is 0 Å². The van der Waals surface area contributed by atoms with E-state index in [1.807, 2.05) is 37.4 Å². The Morgan fingerprint density at radius 1 is 1.26 bits per heavy atom. The Bertz CT molecular complexity index is 698. The highest BCUT2D eigenvalue weighted by molar-refractivity contribution is 6.33. The van der Waals surface area contributed by atoms with E-state index in [9.17, 15) is 0 Å². The van der Waals surface area contributed by atoms with Crippen molar-refractivity contribution in [3.05, 3.63) is 58.9 Å². The van der Waals surface area contributed by atoms with Crippen molar-refractivity contribution in [3.8, 4) is 0 Å². The first-order chi connectivity index (χ1) is 9.25. The Hall–Kier alpha value is -2.00. The van der Waals surface area contributed by atoms with Gasteiger partial charge in [0.25, 0.3) is 0 Å². The minimum atomic E-state index is 0.719. The number of hydrogen-bond acceptors (Lipinski definition) is 2. The lowest BCUT2D eigenvalue weighted by Crippen LogP contribution is -2.01. The summed E-state index contributed by atoms with van der Waals surface area (Å²) in [6, 6.07) is 9.91. The van der Waals surface area contributed by atoms with Crippen LogP contribution in [0.1, 0.15) is 11.1 Å². The molecular formula is C15H14ClN3. The minimum Gasteiger partial charge on any atom is -0.379 e. The van der Waals surface area contributed by atoms with E-state index in [0.717, 1.165) is 33.9 Å². The number of nitrogens with zero attached hydrogens (tertiary/aromatic N) is 1. The molecule has 0 unspecified atom stereocenters. The first kappa shape index (κ1) is 12.1. The second-order valence-corrected chi connectivity index (χ2v) is 4.91. The lowest BCUT2D eigenvalue weighted by Gasteiger charge is -2.10. The van der Waals surface area contributed by atoms with Gasteiger partial charge in [0.1, 0.15) is 5.65 Å². The largest absolute Gasteiger partial charge is 0.379 e. The second-order valence-electron chi connectivity index (χ2n) is 4.50. The van der Waals surface area contributed by atoms with Gasteiger partial charge in [-0.3, -0.25) is 0 Å². The van der Waals surface area contributed by atoms with Gasteiger partial charge >= 0.3 is 0 Å². The van der Waals surface area contributed by atoms with Crippen LogP contribution in [0.15, 0.2) is 42.7 Å². The average molecular weight is 272 g/mol. The summed E-state index contributed by atoms with van der Waals surface area (Å²) < 4.78 is 0. The van der Waals surface area contributed by atoms with Gasteiger partial charge in [0.05, 0.1) is 10.7 Å². The second kappa shape index (κ2) is 4.94. The molecule has 0 bridgehead atoms. The molecule has 0 radical (unpaired) electrons. The molecule has 0 aliphatic carbocycles. The molecule has 2 N–H and O–H groups in total. The zero-order valence-electron chi connectivity index (χ0n) is 10.6. The summed E-state index contributed by atoms with van der Waals surface area (Å²) in [6.45, 7) is 2.77. The molecule has 3 rings (SSSR count). The van der Waals surface area contributed by atoms with Crippen LogP contribution in [0.3, 0.4) is 0 Å². The van der Waals surface area contributed by atoms with Gasteiger partial charge < -0.3 is 10.3 Å². The van der Waals surface area contributed by atoms with Crippen molar-refractivity contribution >= 4 is 28.3 Å². The van der Waals surface area contributed by atoms with E-state index < -0.39 is 0 Å². The molecule has 1 aromatic carbocycles.